The van der Waals surface area contributed by atoms with Gasteiger partial charge in [0.2, 0.25) is 0 Å². The molecule has 12 heteroatoms. The molecular weight excluding hydrogens is 622 g/mol. The number of carbonyl (C=O) groups is 2. The van der Waals surface area contributed by atoms with Crippen molar-refractivity contribution in [2.75, 3.05) is 16.4 Å². The highest BCUT2D eigenvalue weighted by Gasteiger charge is 2.50. The zero-order chi connectivity index (χ0) is 31.6. The zero-order valence-electron chi connectivity index (χ0n) is 24.8. The second kappa shape index (κ2) is 12.8. The summed E-state index contributed by atoms with van der Waals surface area (Å²) in [6.45, 7) is 7.17. The van der Waals surface area contributed by atoms with Gasteiger partial charge < -0.3 is 19.7 Å². The highest BCUT2D eigenvalue weighted by Crippen LogP contribution is 2.45. The molecule has 0 spiro atoms. The van der Waals surface area contributed by atoms with Crippen molar-refractivity contribution in [2.45, 2.75) is 57.1 Å². The van der Waals surface area contributed by atoms with E-state index in [1.807, 2.05) is 61.5 Å². The van der Waals surface area contributed by atoms with E-state index in [0.29, 0.717) is 27.4 Å². The van der Waals surface area contributed by atoms with E-state index in [1.54, 1.807) is 43.9 Å². The number of thioether (sulfide) groups is 1. The fraction of sp³-hybridized carbons (Fsp3) is 0.344. The van der Waals surface area contributed by atoms with Crippen molar-refractivity contribution in [3.63, 3.8) is 0 Å². The van der Waals surface area contributed by atoms with Gasteiger partial charge in [-0.2, -0.15) is 4.99 Å². The first kappa shape index (κ1) is 31.9. The highest BCUT2D eigenvalue weighted by atomic mass is 35.5. The summed E-state index contributed by atoms with van der Waals surface area (Å²) in [5, 5.41) is 3.04. The largest absolute Gasteiger partial charge is 0.455 e. The number of alkyl carbamates (subject to hydrolysis) is 1. The number of benzene rings is 3. The fourth-order valence-electron chi connectivity index (χ4n) is 5.09. The van der Waals surface area contributed by atoms with Crippen LogP contribution in [0.5, 0.6) is 11.5 Å². The third-order valence-electron chi connectivity index (χ3n) is 6.94. The molecule has 2 aliphatic rings. The first-order valence-electron chi connectivity index (χ1n) is 14.1. The third kappa shape index (κ3) is 7.94. The molecule has 1 N–H and O–H groups in total. The van der Waals surface area contributed by atoms with E-state index in [4.69, 9.17) is 21.1 Å². The Morgan fingerprint density at radius 3 is 2.52 bits per heavy atom. The molecule has 2 saturated heterocycles. The molecule has 232 valence electrons. The van der Waals surface area contributed by atoms with Gasteiger partial charge in [-0.25, -0.2) is 13.2 Å². The van der Waals surface area contributed by atoms with Crippen molar-refractivity contribution in [1.29, 1.82) is 0 Å². The number of anilines is 1. The van der Waals surface area contributed by atoms with Crippen molar-refractivity contribution >= 4 is 56.1 Å². The molecule has 44 heavy (non-hydrogen) atoms. The number of ether oxygens (including phenoxy) is 2. The molecule has 3 aromatic rings. The lowest BCUT2D eigenvalue weighted by Crippen LogP contribution is -2.45. The van der Waals surface area contributed by atoms with Crippen molar-refractivity contribution in [3.05, 3.63) is 88.9 Å². The Hall–Kier alpha value is -3.54. The van der Waals surface area contributed by atoms with Crippen LogP contribution in [0.2, 0.25) is 5.02 Å². The van der Waals surface area contributed by atoms with E-state index in [0.717, 1.165) is 11.1 Å². The standard InChI is InChI=1S/C32H34ClN3O6S2/c1-20-9-8-12-23(15-20)41-27-14-13-22(33)17-25(27)36-26-18-44(39,40)19-28(26)43-30(36)35-29(37)24(16-21-10-6-5-7-11-21)34-31(38)42-32(2,3)4/h5-15,17,24,26,28H,16,18-19H2,1-4H3,(H,34,38). The van der Waals surface area contributed by atoms with E-state index in [2.05, 4.69) is 10.3 Å². The number of hydrogen-bond acceptors (Lipinski definition) is 7. The lowest BCUT2D eigenvalue weighted by molar-refractivity contribution is -0.119. The maximum Gasteiger partial charge on any atom is 0.408 e. The van der Waals surface area contributed by atoms with E-state index in [-0.39, 0.29) is 23.2 Å². The predicted molar refractivity (Wildman–Crippen MR) is 175 cm³/mol. The molecule has 0 bridgehead atoms. The average Bonchev–Trinajstić information content (AvgIpc) is 3.39. The molecule has 0 radical (unpaired) electrons. The molecule has 2 amide bonds. The minimum Gasteiger partial charge on any atom is -0.455 e. The summed E-state index contributed by atoms with van der Waals surface area (Å²) in [5.41, 5.74) is 1.55. The number of hydrogen-bond donors (Lipinski definition) is 1. The SMILES string of the molecule is Cc1cccc(Oc2ccc(Cl)cc2N2C(=NC(=O)C(Cc3ccccc3)NC(=O)OC(C)(C)C)SC3CS(=O)(=O)CC32)c1. The van der Waals surface area contributed by atoms with E-state index in [1.165, 1.54) is 11.8 Å². The minimum atomic E-state index is -3.33. The van der Waals surface area contributed by atoms with Gasteiger partial charge in [-0.05, 0) is 69.2 Å². The number of aryl methyl sites for hydroxylation is 1. The van der Waals surface area contributed by atoms with Crippen LogP contribution in [0.15, 0.2) is 77.8 Å². The quantitative estimate of drug-likeness (QED) is 0.321. The van der Waals surface area contributed by atoms with Crippen LogP contribution in [0.1, 0.15) is 31.9 Å². The molecule has 3 atom stereocenters. The number of fused-ring (bicyclic) bond motifs is 1. The van der Waals surface area contributed by atoms with Gasteiger partial charge in [-0.15, -0.1) is 0 Å². The highest BCUT2D eigenvalue weighted by molar-refractivity contribution is 8.16. The fourth-order valence-corrected chi connectivity index (χ4v) is 9.17. The smallest absolute Gasteiger partial charge is 0.408 e. The Morgan fingerprint density at radius 2 is 1.82 bits per heavy atom. The van der Waals surface area contributed by atoms with Crippen LogP contribution in [0.4, 0.5) is 10.5 Å². The second-order valence-corrected chi connectivity index (χ2v) is 15.6. The first-order chi connectivity index (χ1) is 20.8. The molecule has 9 nitrogen and oxygen atoms in total. The Kier molecular flexibility index (Phi) is 9.29. The molecule has 3 unspecified atom stereocenters. The minimum absolute atomic E-state index is 0.0513. The van der Waals surface area contributed by atoms with Gasteiger partial charge in [0.05, 0.1) is 23.2 Å². The van der Waals surface area contributed by atoms with Crippen LogP contribution in [0, 0.1) is 6.92 Å². The molecule has 0 saturated carbocycles. The maximum atomic E-state index is 13.8. The van der Waals surface area contributed by atoms with Gasteiger partial charge in [-0.3, -0.25) is 4.79 Å². The number of aliphatic imine (C=N–C) groups is 1. The number of amides is 2. The average molecular weight is 656 g/mol. The van der Waals surface area contributed by atoms with Crippen LogP contribution in [0.3, 0.4) is 0 Å². The second-order valence-electron chi connectivity index (χ2n) is 11.8. The van der Waals surface area contributed by atoms with Crippen LogP contribution in [0.25, 0.3) is 0 Å². The van der Waals surface area contributed by atoms with Crippen molar-refractivity contribution in [2.24, 2.45) is 4.99 Å². The van der Waals surface area contributed by atoms with Gasteiger partial charge in [0.15, 0.2) is 20.8 Å². The molecule has 0 aromatic heterocycles. The summed E-state index contributed by atoms with van der Waals surface area (Å²) in [7, 11) is -3.33. The normalized spacial score (nSPS) is 20.7. The van der Waals surface area contributed by atoms with Gasteiger partial charge in [-0.1, -0.05) is 65.8 Å². The van der Waals surface area contributed by atoms with Crippen molar-refractivity contribution in [3.8, 4) is 11.5 Å². The first-order valence-corrected chi connectivity index (χ1v) is 17.2. The van der Waals surface area contributed by atoms with Crippen LogP contribution < -0.4 is 15.0 Å². The van der Waals surface area contributed by atoms with E-state index in [9.17, 15) is 18.0 Å². The van der Waals surface area contributed by atoms with Gasteiger partial charge in [0, 0.05) is 16.7 Å². The maximum absolute atomic E-state index is 13.8. The zero-order valence-corrected chi connectivity index (χ0v) is 27.2. The number of sulfone groups is 1. The number of rotatable bonds is 7. The summed E-state index contributed by atoms with van der Waals surface area (Å²) >= 11 is 7.68. The Balaban J connectivity index is 1.53. The number of nitrogens with one attached hydrogen (secondary N) is 1. The number of halogens is 1. The summed E-state index contributed by atoms with van der Waals surface area (Å²) < 4.78 is 37.1. The molecule has 2 fully saturated rings. The Morgan fingerprint density at radius 1 is 1.07 bits per heavy atom. The monoisotopic (exact) mass is 655 g/mol. The molecular formula is C32H34ClN3O6S2. The van der Waals surface area contributed by atoms with Crippen LogP contribution in [-0.2, 0) is 25.8 Å². The lowest BCUT2D eigenvalue weighted by atomic mass is 10.1. The summed E-state index contributed by atoms with van der Waals surface area (Å²) in [6.07, 6.45) is -0.560. The summed E-state index contributed by atoms with van der Waals surface area (Å²) in [5.74, 6) is 0.258. The number of carbonyl (C=O) groups excluding carboxylic acids is 2. The van der Waals surface area contributed by atoms with Gasteiger partial charge >= 0.3 is 6.09 Å². The number of amidine groups is 1. The molecule has 5 rings (SSSR count). The topological polar surface area (TPSA) is 114 Å². The molecule has 0 aliphatic carbocycles. The molecule has 2 heterocycles. The van der Waals surface area contributed by atoms with Crippen molar-refractivity contribution < 1.29 is 27.5 Å². The summed E-state index contributed by atoms with van der Waals surface area (Å²) in [6, 6.07) is 20.4. The van der Waals surface area contributed by atoms with Crippen LogP contribution >= 0.6 is 23.4 Å². The Labute approximate surface area is 266 Å². The molecule has 3 aromatic carbocycles. The van der Waals surface area contributed by atoms with E-state index >= 15 is 0 Å². The third-order valence-corrected chi connectivity index (χ3v) is 10.4. The van der Waals surface area contributed by atoms with E-state index < -0.39 is 39.5 Å². The van der Waals surface area contributed by atoms with Crippen LogP contribution in [-0.4, -0.2) is 60.0 Å². The summed E-state index contributed by atoms with van der Waals surface area (Å²) in [4.78, 5) is 32.8. The predicted octanol–water partition coefficient (Wildman–Crippen LogP) is 6.18. The Bertz CT molecular complexity index is 1690. The molecule has 2 aliphatic heterocycles. The van der Waals surface area contributed by atoms with Crippen molar-refractivity contribution in [1.82, 2.24) is 5.32 Å². The number of nitrogens with zero attached hydrogens (tertiary/aromatic N) is 2. The van der Waals surface area contributed by atoms with Gasteiger partial charge in [0.25, 0.3) is 5.91 Å². The lowest BCUT2D eigenvalue weighted by Gasteiger charge is -2.27. The van der Waals surface area contributed by atoms with Gasteiger partial charge in [0.1, 0.15) is 17.4 Å².